The van der Waals surface area contributed by atoms with Crippen LogP contribution in [0.2, 0.25) is 0 Å². The van der Waals surface area contributed by atoms with E-state index in [2.05, 4.69) is 0 Å². The van der Waals surface area contributed by atoms with Gasteiger partial charge >= 0.3 is 12.0 Å². The molecule has 2 saturated heterocycles. The molecule has 0 aliphatic carbocycles. The van der Waals surface area contributed by atoms with Crippen molar-refractivity contribution in [3.8, 4) is 17.2 Å². The molecular formula is C25H26N2O7. The van der Waals surface area contributed by atoms with Gasteiger partial charge < -0.3 is 23.8 Å². The minimum atomic E-state index is -1.43. The van der Waals surface area contributed by atoms with Gasteiger partial charge in [0.05, 0.1) is 45.1 Å². The zero-order valence-corrected chi connectivity index (χ0v) is 19.4. The smallest absolute Gasteiger partial charge is 0.332 e. The molecule has 2 fully saturated rings. The maximum atomic E-state index is 13.9. The zero-order valence-electron chi connectivity index (χ0n) is 19.4. The molecule has 178 valence electrons. The summed E-state index contributed by atoms with van der Waals surface area (Å²) < 4.78 is 21.9. The van der Waals surface area contributed by atoms with E-state index in [0.29, 0.717) is 22.9 Å². The molecule has 34 heavy (non-hydrogen) atoms. The van der Waals surface area contributed by atoms with Gasteiger partial charge in [-0.05, 0) is 50.2 Å². The minimum absolute atomic E-state index is 0.168. The number of rotatable bonds is 5. The molecule has 0 aromatic heterocycles. The summed E-state index contributed by atoms with van der Waals surface area (Å²) in [4.78, 5) is 43.7. The molecule has 3 amide bonds. The first-order chi connectivity index (χ1) is 16.4. The molecule has 2 aromatic carbocycles. The van der Waals surface area contributed by atoms with Crippen LogP contribution in [0, 0.1) is 11.8 Å². The molecule has 0 bridgehead atoms. The largest absolute Gasteiger partial charge is 0.497 e. The van der Waals surface area contributed by atoms with Gasteiger partial charge in [0.1, 0.15) is 22.8 Å². The van der Waals surface area contributed by atoms with Crippen LogP contribution in [0.5, 0.6) is 17.2 Å². The van der Waals surface area contributed by atoms with E-state index in [1.807, 2.05) is 6.07 Å². The first-order valence-corrected chi connectivity index (χ1v) is 11.2. The molecule has 0 unspecified atom stereocenters. The fourth-order valence-electron chi connectivity index (χ4n) is 5.55. The van der Waals surface area contributed by atoms with E-state index < -0.39 is 41.3 Å². The fourth-order valence-corrected chi connectivity index (χ4v) is 5.55. The van der Waals surface area contributed by atoms with E-state index in [4.69, 9.17) is 18.9 Å². The van der Waals surface area contributed by atoms with Gasteiger partial charge in [0.25, 0.3) is 5.91 Å². The van der Waals surface area contributed by atoms with Crippen LogP contribution >= 0.6 is 0 Å². The topological polar surface area (TPSA) is 94.6 Å². The number of fused-ring (bicyclic) bond motifs is 5. The third-order valence-electron chi connectivity index (χ3n) is 7.09. The molecule has 0 radical (unpaired) electrons. The Balaban J connectivity index is 1.65. The van der Waals surface area contributed by atoms with Crippen molar-refractivity contribution in [2.24, 2.45) is 11.8 Å². The highest BCUT2D eigenvalue weighted by Gasteiger charge is 2.72. The molecule has 0 saturated carbocycles. The minimum Gasteiger partial charge on any atom is -0.497 e. The molecule has 9 heteroatoms. The lowest BCUT2D eigenvalue weighted by Gasteiger charge is -2.34. The maximum absolute atomic E-state index is 13.9. The van der Waals surface area contributed by atoms with Crippen LogP contribution < -0.4 is 19.1 Å². The molecule has 2 aromatic rings. The van der Waals surface area contributed by atoms with Crippen LogP contribution in [-0.4, -0.2) is 55.8 Å². The Labute approximate surface area is 197 Å². The van der Waals surface area contributed by atoms with Crippen LogP contribution in [0.25, 0.3) is 0 Å². The second-order valence-electron chi connectivity index (χ2n) is 8.69. The van der Waals surface area contributed by atoms with Crippen molar-refractivity contribution < 1.29 is 33.3 Å². The van der Waals surface area contributed by atoms with Gasteiger partial charge in [0, 0.05) is 17.5 Å². The molecular weight excluding hydrogens is 440 g/mol. The van der Waals surface area contributed by atoms with Crippen molar-refractivity contribution in [2.75, 3.05) is 32.3 Å². The summed E-state index contributed by atoms with van der Waals surface area (Å²) in [6.07, 6.45) is 0. The van der Waals surface area contributed by atoms with Gasteiger partial charge in [-0.25, -0.2) is 9.69 Å². The van der Waals surface area contributed by atoms with Crippen molar-refractivity contribution >= 4 is 23.6 Å². The van der Waals surface area contributed by atoms with Gasteiger partial charge in [-0.15, -0.1) is 0 Å². The standard InChI is InChI=1S/C25H26N2O7/c1-5-33-22(28)20-18-13-34-19-12-16(32-4)10-11-17(19)21(18)27-24(30)26(23(29)25(20,27)2)14-6-8-15(31-3)9-7-14/h6-12,18,20-21H,5,13H2,1-4H3/t18-,20+,21+,25+/m1/s1. The maximum Gasteiger partial charge on any atom is 0.332 e. The third-order valence-corrected chi connectivity index (χ3v) is 7.09. The summed E-state index contributed by atoms with van der Waals surface area (Å²) >= 11 is 0. The second kappa shape index (κ2) is 7.93. The van der Waals surface area contributed by atoms with Crippen molar-refractivity contribution in [3.05, 3.63) is 48.0 Å². The average molecular weight is 466 g/mol. The van der Waals surface area contributed by atoms with E-state index in [1.54, 1.807) is 69.4 Å². The van der Waals surface area contributed by atoms with Crippen molar-refractivity contribution in [3.63, 3.8) is 0 Å². The van der Waals surface area contributed by atoms with Gasteiger partial charge in [0.15, 0.2) is 0 Å². The number of hydrogen-bond acceptors (Lipinski definition) is 7. The Bertz CT molecular complexity index is 1160. The highest BCUT2D eigenvalue weighted by atomic mass is 16.5. The number of methoxy groups -OCH3 is 2. The summed E-state index contributed by atoms with van der Waals surface area (Å²) in [7, 11) is 3.10. The molecule has 5 rings (SSSR count). The predicted octanol–water partition coefficient (Wildman–Crippen LogP) is 3.17. The molecule has 0 spiro atoms. The number of benzene rings is 2. The van der Waals surface area contributed by atoms with Crippen molar-refractivity contribution in [1.82, 2.24) is 4.90 Å². The van der Waals surface area contributed by atoms with E-state index in [0.717, 1.165) is 10.5 Å². The van der Waals surface area contributed by atoms with E-state index >= 15 is 0 Å². The summed E-state index contributed by atoms with van der Waals surface area (Å²) in [6.45, 7) is 3.71. The molecule has 0 N–H and O–H groups in total. The number of carbonyl (C=O) groups is 3. The number of esters is 1. The summed E-state index contributed by atoms with van der Waals surface area (Å²) in [5.41, 5.74) is -0.288. The Morgan fingerprint density at radius 2 is 1.76 bits per heavy atom. The number of urea groups is 1. The van der Waals surface area contributed by atoms with Crippen LogP contribution in [0.15, 0.2) is 42.5 Å². The number of nitrogens with zero attached hydrogens (tertiary/aromatic N) is 2. The molecule has 4 atom stereocenters. The molecule has 3 heterocycles. The predicted molar refractivity (Wildman–Crippen MR) is 121 cm³/mol. The van der Waals surface area contributed by atoms with Crippen LogP contribution in [0.4, 0.5) is 10.5 Å². The molecule has 3 aliphatic rings. The van der Waals surface area contributed by atoms with E-state index in [1.165, 1.54) is 0 Å². The normalized spacial score (nSPS) is 27.0. The first kappa shape index (κ1) is 22.1. The van der Waals surface area contributed by atoms with E-state index in [9.17, 15) is 14.4 Å². The Hall–Kier alpha value is -3.75. The highest BCUT2D eigenvalue weighted by molar-refractivity contribution is 6.24. The number of carbonyl (C=O) groups excluding carboxylic acids is 3. The Morgan fingerprint density at radius 3 is 2.41 bits per heavy atom. The van der Waals surface area contributed by atoms with Crippen LogP contribution in [0.1, 0.15) is 25.5 Å². The van der Waals surface area contributed by atoms with Gasteiger partial charge in [-0.3, -0.25) is 9.59 Å². The lowest BCUT2D eigenvalue weighted by atomic mass is 9.77. The number of amides is 3. The molecule has 9 nitrogen and oxygen atoms in total. The lowest BCUT2D eigenvalue weighted by Crippen LogP contribution is -2.51. The van der Waals surface area contributed by atoms with Crippen LogP contribution in [0.3, 0.4) is 0 Å². The lowest BCUT2D eigenvalue weighted by molar-refractivity contribution is -0.154. The SMILES string of the molecule is CCOC(=O)[C@@H]1[C@H]2COc3cc(OC)ccc3[C@@H]2N2C(=O)N(c3ccc(OC)cc3)C(=O)[C@]12C. The summed E-state index contributed by atoms with van der Waals surface area (Å²) in [5, 5.41) is 0. The van der Waals surface area contributed by atoms with Gasteiger partial charge in [-0.1, -0.05) is 0 Å². The summed E-state index contributed by atoms with van der Waals surface area (Å²) in [5.74, 6) is -0.514. The zero-order chi connectivity index (χ0) is 24.2. The number of hydrogen-bond donors (Lipinski definition) is 0. The first-order valence-electron chi connectivity index (χ1n) is 11.2. The number of anilines is 1. The summed E-state index contributed by atoms with van der Waals surface area (Å²) in [6, 6.07) is 11.0. The fraction of sp³-hybridized carbons (Fsp3) is 0.400. The van der Waals surface area contributed by atoms with Gasteiger partial charge in [0.2, 0.25) is 0 Å². The van der Waals surface area contributed by atoms with Crippen molar-refractivity contribution in [2.45, 2.75) is 25.4 Å². The Morgan fingerprint density at radius 1 is 1.09 bits per heavy atom. The van der Waals surface area contributed by atoms with Crippen molar-refractivity contribution in [1.29, 1.82) is 0 Å². The Kier molecular flexibility index (Phi) is 5.15. The van der Waals surface area contributed by atoms with E-state index in [-0.39, 0.29) is 13.2 Å². The number of ether oxygens (including phenoxy) is 4. The average Bonchev–Trinajstić information content (AvgIpc) is 3.23. The quantitative estimate of drug-likeness (QED) is 0.493. The highest BCUT2D eigenvalue weighted by Crippen LogP contribution is 2.58. The monoisotopic (exact) mass is 466 g/mol. The second-order valence-corrected chi connectivity index (χ2v) is 8.69. The number of imide groups is 1. The van der Waals surface area contributed by atoms with Crippen LogP contribution in [-0.2, 0) is 14.3 Å². The van der Waals surface area contributed by atoms with Gasteiger partial charge in [-0.2, -0.15) is 0 Å². The third kappa shape index (κ3) is 2.89. The molecule has 3 aliphatic heterocycles.